The molecule has 1 amide bonds. The Hall–Kier alpha value is -4.57. The Balaban J connectivity index is 1.28. The number of hydrogen-bond donors (Lipinski definition) is 2. The molecule has 1 aliphatic rings. The maximum Gasteiger partial charge on any atom is 0.416 e. The molecule has 11 heteroatoms. The molecule has 1 aliphatic heterocycles. The van der Waals surface area contributed by atoms with Crippen LogP contribution in [0.25, 0.3) is 11.3 Å². The van der Waals surface area contributed by atoms with Crippen LogP contribution >= 0.6 is 11.6 Å². The number of carboxylic acid groups (broad SMARTS) is 1. The molecule has 0 saturated heterocycles. The van der Waals surface area contributed by atoms with E-state index in [9.17, 15) is 27.9 Å². The van der Waals surface area contributed by atoms with E-state index in [0.717, 1.165) is 12.1 Å². The fourth-order valence-electron chi connectivity index (χ4n) is 4.23. The largest absolute Gasteiger partial charge is 0.493 e. The van der Waals surface area contributed by atoms with Crippen LogP contribution in [-0.4, -0.2) is 28.6 Å². The summed E-state index contributed by atoms with van der Waals surface area (Å²) >= 11 is 6.34. The second-order valence-corrected chi connectivity index (χ2v) is 9.32. The molecule has 0 fully saturated rings. The summed E-state index contributed by atoms with van der Waals surface area (Å²) in [6.45, 7) is 0.257. The van der Waals surface area contributed by atoms with E-state index in [1.807, 2.05) is 0 Å². The van der Waals surface area contributed by atoms with Gasteiger partial charge in [0.2, 0.25) is 0 Å². The van der Waals surface area contributed by atoms with Crippen LogP contribution in [-0.2, 0) is 11.0 Å². The van der Waals surface area contributed by atoms with Crippen molar-refractivity contribution in [1.82, 2.24) is 4.98 Å². The number of aromatic nitrogens is 1. The number of carbonyl (C=O) groups is 2. The lowest BCUT2D eigenvalue weighted by Crippen LogP contribution is -2.20. The van der Waals surface area contributed by atoms with E-state index in [2.05, 4.69) is 10.3 Å². The Morgan fingerprint density at radius 3 is 2.50 bits per heavy atom. The van der Waals surface area contributed by atoms with Gasteiger partial charge < -0.3 is 19.9 Å². The van der Waals surface area contributed by atoms with Gasteiger partial charge in [-0.15, -0.1) is 0 Å². The molecule has 0 saturated carbocycles. The van der Waals surface area contributed by atoms with E-state index in [0.29, 0.717) is 23.5 Å². The summed E-state index contributed by atoms with van der Waals surface area (Å²) in [6.07, 6.45) is -4.15. The van der Waals surface area contributed by atoms with Crippen LogP contribution in [0, 0.1) is 0 Å². The first-order valence-corrected chi connectivity index (χ1v) is 12.4. The zero-order valence-corrected chi connectivity index (χ0v) is 21.3. The minimum atomic E-state index is -4.49. The predicted molar refractivity (Wildman–Crippen MR) is 141 cm³/mol. The molecule has 40 heavy (non-hydrogen) atoms. The molecule has 3 aromatic carbocycles. The monoisotopic (exact) mass is 568 g/mol. The summed E-state index contributed by atoms with van der Waals surface area (Å²) in [5, 5.41) is 12.3. The number of nitrogens with one attached hydrogen (secondary N) is 1. The maximum atomic E-state index is 13.1. The molecule has 5 rings (SSSR count). The third-order valence-electron chi connectivity index (χ3n) is 6.22. The first-order chi connectivity index (χ1) is 19.1. The topological polar surface area (TPSA) is 97.8 Å². The van der Waals surface area contributed by atoms with Gasteiger partial charge in [-0.1, -0.05) is 29.8 Å². The minimum absolute atomic E-state index is 0.167. The predicted octanol–water partition coefficient (Wildman–Crippen LogP) is 7.42. The van der Waals surface area contributed by atoms with E-state index < -0.39 is 29.5 Å². The number of benzene rings is 3. The Bertz CT molecular complexity index is 1590. The highest BCUT2D eigenvalue weighted by atomic mass is 35.5. The van der Waals surface area contributed by atoms with Gasteiger partial charge in [-0.25, -0.2) is 4.98 Å². The highest BCUT2D eigenvalue weighted by Gasteiger charge is 2.31. The van der Waals surface area contributed by atoms with Crippen LogP contribution in [0.5, 0.6) is 17.2 Å². The van der Waals surface area contributed by atoms with Crippen molar-refractivity contribution in [2.24, 2.45) is 0 Å². The molecule has 204 valence electrons. The van der Waals surface area contributed by atoms with E-state index in [-0.39, 0.29) is 40.0 Å². The van der Waals surface area contributed by atoms with Crippen LogP contribution < -0.4 is 14.8 Å². The summed E-state index contributed by atoms with van der Waals surface area (Å²) in [6, 6.07) is 18.6. The van der Waals surface area contributed by atoms with E-state index in [1.165, 1.54) is 42.5 Å². The van der Waals surface area contributed by atoms with Crippen molar-refractivity contribution < 1.29 is 37.3 Å². The number of carboxylic acids is 1. The van der Waals surface area contributed by atoms with Crippen molar-refractivity contribution in [1.29, 1.82) is 0 Å². The SMILES string of the molecule is O=C(Nc1cccc(-c2cccc(C(F)(F)F)c2)n1)c1ccc(Oc2cc3c(cc2Cl)C(C(=O)O)CCO3)cc1. The summed E-state index contributed by atoms with van der Waals surface area (Å²) in [4.78, 5) is 28.6. The number of alkyl halides is 3. The molecule has 1 atom stereocenters. The van der Waals surface area contributed by atoms with Gasteiger partial charge in [0.25, 0.3) is 5.91 Å². The van der Waals surface area contributed by atoms with E-state index in [1.54, 1.807) is 24.3 Å². The Labute approximate surface area is 231 Å². The maximum absolute atomic E-state index is 13.1. The standard InChI is InChI=1S/C29H20ClF3N2O5/c30-22-14-21-20(28(37)38)11-12-39-24(21)15-25(22)40-19-9-7-16(8-10-19)27(36)35-26-6-2-5-23(34-26)17-3-1-4-18(13-17)29(31,32)33/h1-10,13-15,20H,11-12H2,(H,37,38)(H,34,35,36). The number of ether oxygens (including phenoxy) is 2. The first-order valence-electron chi connectivity index (χ1n) is 12.0. The number of rotatable bonds is 6. The summed E-state index contributed by atoms with van der Waals surface area (Å²) < 4.78 is 50.7. The van der Waals surface area contributed by atoms with Gasteiger partial charge >= 0.3 is 12.1 Å². The number of amides is 1. The molecule has 0 spiro atoms. The van der Waals surface area contributed by atoms with Gasteiger partial charge in [-0.3, -0.25) is 9.59 Å². The molecule has 0 radical (unpaired) electrons. The molecular formula is C29H20ClF3N2O5. The van der Waals surface area contributed by atoms with Crippen LogP contribution in [0.4, 0.5) is 19.0 Å². The molecule has 7 nitrogen and oxygen atoms in total. The Kier molecular flexibility index (Phi) is 7.36. The average molecular weight is 569 g/mol. The fraction of sp³-hybridized carbons (Fsp3) is 0.138. The average Bonchev–Trinajstić information content (AvgIpc) is 2.93. The Morgan fingerprint density at radius 1 is 1.02 bits per heavy atom. The molecule has 0 bridgehead atoms. The summed E-state index contributed by atoms with van der Waals surface area (Å²) in [7, 11) is 0. The summed E-state index contributed by atoms with van der Waals surface area (Å²) in [5.41, 5.74) is 0.499. The summed E-state index contributed by atoms with van der Waals surface area (Å²) in [5.74, 6) is -0.975. The van der Waals surface area contributed by atoms with Crippen LogP contribution in [0.2, 0.25) is 5.02 Å². The zero-order chi connectivity index (χ0) is 28.4. The molecular weight excluding hydrogens is 549 g/mol. The minimum Gasteiger partial charge on any atom is -0.493 e. The smallest absolute Gasteiger partial charge is 0.416 e. The van der Waals surface area contributed by atoms with Crippen molar-refractivity contribution in [3.05, 3.63) is 101 Å². The van der Waals surface area contributed by atoms with Crippen molar-refractivity contribution in [3.8, 4) is 28.5 Å². The van der Waals surface area contributed by atoms with Crippen molar-refractivity contribution in [2.75, 3.05) is 11.9 Å². The molecule has 0 aliphatic carbocycles. The number of aliphatic carboxylic acids is 1. The number of anilines is 1. The van der Waals surface area contributed by atoms with E-state index >= 15 is 0 Å². The van der Waals surface area contributed by atoms with Crippen molar-refractivity contribution >= 4 is 29.3 Å². The Morgan fingerprint density at radius 2 is 1.77 bits per heavy atom. The van der Waals surface area contributed by atoms with Crippen LogP contribution in [0.15, 0.2) is 78.9 Å². The quantitative estimate of drug-likeness (QED) is 0.251. The van der Waals surface area contributed by atoms with E-state index in [4.69, 9.17) is 21.1 Å². The van der Waals surface area contributed by atoms with Gasteiger partial charge in [-0.2, -0.15) is 13.2 Å². The number of hydrogen-bond acceptors (Lipinski definition) is 5. The second-order valence-electron chi connectivity index (χ2n) is 8.92. The van der Waals surface area contributed by atoms with Crippen molar-refractivity contribution in [3.63, 3.8) is 0 Å². The molecule has 1 unspecified atom stereocenters. The lowest BCUT2D eigenvalue weighted by Gasteiger charge is -2.24. The van der Waals surface area contributed by atoms with Crippen LogP contribution in [0.3, 0.4) is 0 Å². The third kappa shape index (κ3) is 5.86. The van der Waals surface area contributed by atoms with Gasteiger partial charge in [0.05, 0.1) is 28.8 Å². The number of fused-ring (bicyclic) bond motifs is 1. The highest BCUT2D eigenvalue weighted by Crippen LogP contribution is 2.42. The van der Waals surface area contributed by atoms with Crippen molar-refractivity contribution in [2.45, 2.75) is 18.5 Å². The first kappa shape index (κ1) is 27.0. The molecule has 2 heterocycles. The number of carbonyl (C=O) groups excluding carboxylic acids is 1. The fourth-order valence-corrected chi connectivity index (χ4v) is 4.44. The molecule has 1 aromatic heterocycles. The van der Waals surface area contributed by atoms with Gasteiger partial charge in [0.15, 0.2) is 0 Å². The highest BCUT2D eigenvalue weighted by molar-refractivity contribution is 6.32. The van der Waals surface area contributed by atoms with Gasteiger partial charge in [-0.05, 0) is 61.0 Å². The lowest BCUT2D eigenvalue weighted by atomic mass is 9.93. The number of pyridine rings is 1. The zero-order valence-electron chi connectivity index (χ0n) is 20.5. The van der Waals surface area contributed by atoms with Crippen LogP contribution in [0.1, 0.15) is 33.8 Å². The third-order valence-corrected chi connectivity index (χ3v) is 6.52. The van der Waals surface area contributed by atoms with Gasteiger partial charge in [0.1, 0.15) is 23.1 Å². The lowest BCUT2D eigenvalue weighted by molar-refractivity contribution is -0.139. The molecule has 4 aromatic rings. The number of halogens is 4. The molecule has 2 N–H and O–H groups in total. The van der Waals surface area contributed by atoms with Gasteiger partial charge in [0, 0.05) is 22.8 Å². The normalized spacial score (nSPS) is 14.6. The number of nitrogens with zero attached hydrogens (tertiary/aromatic N) is 1. The second kappa shape index (κ2) is 10.9.